The maximum absolute atomic E-state index is 12.6. The van der Waals surface area contributed by atoms with Crippen molar-refractivity contribution in [2.45, 2.75) is 36.7 Å². The van der Waals surface area contributed by atoms with Crippen molar-refractivity contribution < 1.29 is 14.3 Å². The number of para-hydroxylation sites is 1. The van der Waals surface area contributed by atoms with Crippen molar-refractivity contribution in [3.8, 4) is 0 Å². The molecule has 0 N–H and O–H groups in total. The van der Waals surface area contributed by atoms with Gasteiger partial charge in [-0.1, -0.05) is 12.1 Å². The van der Waals surface area contributed by atoms with Gasteiger partial charge in [0.1, 0.15) is 0 Å². The van der Waals surface area contributed by atoms with Gasteiger partial charge in [0.2, 0.25) is 11.8 Å². The number of anilines is 1. The van der Waals surface area contributed by atoms with Crippen LogP contribution in [0.1, 0.15) is 25.7 Å². The predicted molar refractivity (Wildman–Crippen MR) is 95.4 cm³/mol. The smallest absolute Gasteiger partial charge is 0.227 e. The summed E-state index contributed by atoms with van der Waals surface area (Å²) in [6, 6.07) is 7.96. The first-order valence-electron chi connectivity index (χ1n) is 8.53. The highest BCUT2D eigenvalue weighted by Gasteiger charge is 2.24. The summed E-state index contributed by atoms with van der Waals surface area (Å²) in [6.07, 6.45) is 2.75. The second-order valence-electron chi connectivity index (χ2n) is 6.27. The molecule has 5 nitrogen and oxygen atoms in total. The zero-order chi connectivity index (χ0) is 16.9. The Hall–Kier alpha value is -1.53. The molecule has 1 saturated heterocycles. The summed E-state index contributed by atoms with van der Waals surface area (Å²) in [4.78, 5) is 29.5. The van der Waals surface area contributed by atoms with Crippen LogP contribution in [-0.4, -0.2) is 55.3 Å². The molecule has 1 unspecified atom stereocenters. The van der Waals surface area contributed by atoms with Crippen LogP contribution in [0.5, 0.6) is 0 Å². The molecule has 0 radical (unpaired) electrons. The van der Waals surface area contributed by atoms with E-state index in [9.17, 15) is 9.59 Å². The third kappa shape index (κ3) is 4.11. The topological polar surface area (TPSA) is 49.9 Å². The maximum atomic E-state index is 12.6. The Bertz CT molecular complexity index is 602. The van der Waals surface area contributed by atoms with Gasteiger partial charge < -0.3 is 14.5 Å². The fourth-order valence-corrected chi connectivity index (χ4v) is 4.16. The third-order valence-corrected chi connectivity index (χ3v) is 5.55. The average Bonchev–Trinajstić information content (AvgIpc) is 3.11. The minimum absolute atomic E-state index is 0.0125. The van der Waals surface area contributed by atoms with Crippen molar-refractivity contribution in [1.29, 1.82) is 0 Å². The molecule has 24 heavy (non-hydrogen) atoms. The van der Waals surface area contributed by atoms with E-state index in [1.54, 1.807) is 23.7 Å². The number of hydrogen-bond donors (Lipinski definition) is 0. The zero-order valence-electron chi connectivity index (χ0n) is 14.1. The molecule has 6 heteroatoms. The lowest BCUT2D eigenvalue weighted by Gasteiger charge is -2.29. The molecule has 0 aromatic heterocycles. The molecule has 2 aliphatic heterocycles. The Balaban J connectivity index is 1.51. The molecule has 1 aromatic rings. The Labute approximate surface area is 147 Å². The first kappa shape index (κ1) is 17.3. The highest BCUT2D eigenvalue weighted by molar-refractivity contribution is 7.99. The third-order valence-electron chi connectivity index (χ3n) is 4.51. The number of benzene rings is 1. The molecule has 0 aliphatic carbocycles. The first-order chi connectivity index (χ1) is 11.6. The lowest BCUT2D eigenvalue weighted by Crippen LogP contribution is -2.37. The van der Waals surface area contributed by atoms with E-state index in [0.717, 1.165) is 35.8 Å². The van der Waals surface area contributed by atoms with Crippen molar-refractivity contribution in [1.82, 2.24) is 4.90 Å². The minimum atomic E-state index is 0.0125. The minimum Gasteiger partial charge on any atom is -0.376 e. The zero-order valence-corrected chi connectivity index (χ0v) is 14.9. The summed E-state index contributed by atoms with van der Waals surface area (Å²) in [5.41, 5.74) is 0.971. The monoisotopic (exact) mass is 348 g/mol. The van der Waals surface area contributed by atoms with E-state index in [1.807, 2.05) is 29.2 Å². The van der Waals surface area contributed by atoms with Crippen LogP contribution < -0.4 is 4.90 Å². The van der Waals surface area contributed by atoms with E-state index in [0.29, 0.717) is 13.1 Å². The number of nitrogens with zero attached hydrogens (tertiary/aromatic N) is 2. The molecule has 2 amide bonds. The van der Waals surface area contributed by atoms with Crippen LogP contribution in [-0.2, 0) is 14.3 Å². The van der Waals surface area contributed by atoms with Gasteiger partial charge in [-0.05, 0) is 25.0 Å². The van der Waals surface area contributed by atoms with Crippen molar-refractivity contribution in [3.63, 3.8) is 0 Å². The summed E-state index contributed by atoms with van der Waals surface area (Å²) in [7, 11) is 1.79. The highest BCUT2D eigenvalue weighted by atomic mass is 32.2. The number of likely N-dealkylation sites (N-methyl/N-ethyl adjacent to an activating group) is 1. The van der Waals surface area contributed by atoms with E-state index in [2.05, 4.69) is 0 Å². The normalized spacial score (nSPS) is 19.9. The van der Waals surface area contributed by atoms with E-state index < -0.39 is 0 Å². The van der Waals surface area contributed by atoms with Crippen LogP contribution in [0.3, 0.4) is 0 Å². The van der Waals surface area contributed by atoms with Gasteiger partial charge >= 0.3 is 0 Å². The van der Waals surface area contributed by atoms with Crippen LogP contribution in [0.2, 0.25) is 0 Å². The van der Waals surface area contributed by atoms with Crippen LogP contribution in [0.25, 0.3) is 0 Å². The van der Waals surface area contributed by atoms with Crippen molar-refractivity contribution in [2.24, 2.45) is 0 Å². The number of rotatable bonds is 5. The number of fused-ring (bicyclic) bond motifs is 1. The summed E-state index contributed by atoms with van der Waals surface area (Å²) in [5, 5.41) is 0. The van der Waals surface area contributed by atoms with Crippen molar-refractivity contribution in [2.75, 3.05) is 37.4 Å². The fraction of sp³-hybridized carbons (Fsp3) is 0.556. The largest absolute Gasteiger partial charge is 0.376 e. The number of amides is 2. The molecule has 1 fully saturated rings. The van der Waals surface area contributed by atoms with Gasteiger partial charge in [0.05, 0.1) is 11.8 Å². The summed E-state index contributed by atoms with van der Waals surface area (Å²) >= 11 is 1.77. The number of carbonyl (C=O) groups is 2. The van der Waals surface area contributed by atoms with Crippen molar-refractivity contribution in [3.05, 3.63) is 24.3 Å². The van der Waals surface area contributed by atoms with Crippen LogP contribution in [0, 0.1) is 0 Å². The van der Waals surface area contributed by atoms with Crippen molar-refractivity contribution >= 4 is 29.3 Å². The van der Waals surface area contributed by atoms with E-state index in [4.69, 9.17) is 4.74 Å². The predicted octanol–water partition coefficient (Wildman–Crippen LogP) is 2.54. The lowest BCUT2D eigenvalue weighted by molar-refractivity contribution is -0.133. The van der Waals surface area contributed by atoms with Gasteiger partial charge in [-0.15, -0.1) is 11.8 Å². The molecular formula is C18H24N2O3S. The summed E-state index contributed by atoms with van der Waals surface area (Å²) in [6.45, 7) is 2.12. The van der Waals surface area contributed by atoms with Gasteiger partial charge in [0.15, 0.2) is 0 Å². The molecule has 0 bridgehead atoms. The summed E-state index contributed by atoms with van der Waals surface area (Å²) in [5.74, 6) is 0.940. The van der Waals surface area contributed by atoms with Gasteiger partial charge in [-0.2, -0.15) is 0 Å². The second kappa shape index (κ2) is 8.03. The molecule has 1 atom stereocenters. The molecule has 2 aliphatic rings. The Morgan fingerprint density at radius 1 is 1.33 bits per heavy atom. The lowest BCUT2D eigenvalue weighted by atomic mass is 10.2. The van der Waals surface area contributed by atoms with Gasteiger partial charge in [-0.3, -0.25) is 9.59 Å². The van der Waals surface area contributed by atoms with Gasteiger partial charge in [0.25, 0.3) is 0 Å². The second-order valence-corrected chi connectivity index (χ2v) is 7.41. The van der Waals surface area contributed by atoms with E-state index >= 15 is 0 Å². The van der Waals surface area contributed by atoms with E-state index in [-0.39, 0.29) is 30.8 Å². The van der Waals surface area contributed by atoms with Crippen LogP contribution >= 0.6 is 11.8 Å². The number of carbonyl (C=O) groups excluding carboxylic acids is 2. The molecule has 0 spiro atoms. The molecule has 2 heterocycles. The molecule has 130 valence electrons. The Morgan fingerprint density at radius 2 is 2.17 bits per heavy atom. The van der Waals surface area contributed by atoms with Gasteiger partial charge in [0, 0.05) is 50.2 Å². The Kier molecular flexibility index (Phi) is 5.79. The summed E-state index contributed by atoms with van der Waals surface area (Å²) < 4.78 is 5.56. The van der Waals surface area contributed by atoms with Crippen LogP contribution in [0.15, 0.2) is 29.2 Å². The SMILES string of the molecule is CN(CC1CCCO1)C(=O)CCC(=O)N1CCSc2ccccc21. The standard InChI is InChI=1S/C18H24N2O3S/c1-19(13-14-5-4-11-23-14)17(21)8-9-18(22)20-10-12-24-16-7-3-2-6-15(16)20/h2-3,6-7,14H,4-5,8-13H2,1H3. The Morgan fingerprint density at radius 3 is 2.96 bits per heavy atom. The number of ether oxygens (including phenoxy) is 1. The van der Waals surface area contributed by atoms with E-state index in [1.165, 1.54) is 0 Å². The average molecular weight is 348 g/mol. The first-order valence-corrected chi connectivity index (χ1v) is 9.51. The highest BCUT2D eigenvalue weighted by Crippen LogP contribution is 2.34. The molecule has 3 rings (SSSR count). The molecule has 0 saturated carbocycles. The van der Waals surface area contributed by atoms with Gasteiger partial charge in [-0.25, -0.2) is 0 Å². The van der Waals surface area contributed by atoms with Crippen LogP contribution in [0.4, 0.5) is 5.69 Å². The maximum Gasteiger partial charge on any atom is 0.227 e. The number of thioether (sulfide) groups is 1. The fourth-order valence-electron chi connectivity index (χ4n) is 3.16. The molecular weight excluding hydrogens is 324 g/mol. The number of hydrogen-bond acceptors (Lipinski definition) is 4. The quantitative estimate of drug-likeness (QED) is 0.820. The molecule has 1 aromatic carbocycles.